The Morgan fingerprint density at radius 2 is 1.93 bits per heavy atom. The molecule has 1 aliphatic heterocycles. The lowest BCUT2D eigenvalue weighted by Crippen LogP contribution is -2.30. The molecule has 28 heavy (non-hydrogen) atoms. The number of amides is 1. The third-order valence-electron chi connectivity index (χ3n) is 5.25. The number of hydrogen-bond donors (Lipinski definition) is 0. The SMILES string of the molecule is O=C(c1cnc2c(c1)ncn2-c1ccccc1)N1CCCC1c1cccnc1. The largest absolute Gasteiger partial charge is 0.331 e. The molecule has 0 bridgehead atoms. The summed E-state index contributed by atoms with van der Waals surface area (Å²) < 4.78 is 1.93. The molecule has 4 aromatic rings. The number of imidazole rings is 1. The van der Waals surface area contributed by atoms with Crippen LogP contribution in [0.15, 0.2) is 73.4 Å². The smallest absolute Gasteiger partial charge is 0.256 e. The molecule has 0 N–H and O–H groups in total. The number of aromatic nitrogens is 4. The first-order valence-electron chi connectivity index (χ1n) is 9.41. The summed E-state index contributed by atoms with van der Waals surface area (Å²) in [6, 6.07) is 15.8. The van der Waals surface area contributed by atoms with E-state index in [9.17, 15) is 4.79 Å². The van der Waals surface area contributed by atoms with Crippen LogP contribution in [0, 0.1) is 0 Å². The van der Waals surface area contributed by atoms with E-state index < -0.39 is 0 Å². The van der Waals surface area contributed by atoms with Gasteiger partial charge in [0.05, 0.1) is 11.6 Å². The van der Waals surface area contributed by atoms with E-state index in [1.807, 2.05) is 64.2 Å². The summed E-state index contributed by atoms with van der Waals surface area (Å²) in [7, 11) is 0. The second kappa shape index (κ2) is 6.88. The minimum absolute atomic E-state index is 0.00462. The predicted octanol–water partition coefficient (Wildman–Crippen LogP) is 3.79. The van der Waals surface area contributed by atoms with Gasteiger partial charge in [0.15, 0.2) is 5.65 Å². The van der Waals surface area contributed by atoms with Gasteiger partial charge >= 0.3 is 0 Å². The van der Waals surface area contributed by atoms with Crippen LogP contribution in [0.1, 0.15) is 34.8 Å². The summed E-state index contributed by atoms with van der Waals surface area (Å²) >= 11 is 0. The highest BCUT2D eigenvalue weighted by Crippen LogP contribution is 2.32. The van der Waals surface area contributed by atoms with Crippen LogP contribution in [-0.4, -0.2) is 36.9 Å². The second-order valence-electron chi connectivity index (χ2n) is 6.96. The molecule has 1 atom stereocenters. The monoisotopic (exact) mass is 369 g/mol. The number of hydrogen-bond acceptors (Lipinski definition) is 4. The van der Waals surface area contributed by atoms with E-state index in [0.717, 1.165) is 36.3 Å². The van der Waals surface area contributed by atoms with Crippen molar-refractivity contribution in [3.63, 3.8) is 0 Å². The van der Waals surface area contributed by atoms with Crippen LogP contribution in [0.3, 0.4) is 0 Å². The van der Waals surface area contributed by atoms with Crippen molar-refractivity contribution in [3.8, 4) is 5.69 Å². The van der Waals surface area contributed by atoms with Gasteiger partial charge in [0.2, 0.25) is 0 Å². The number of para-hydroxylation sites is 1. The maximum absolute atomic E-state index is 13.2. The average Bonchev–Trinajstić information content (AvgIpc) is 3.41. The fourth-order valence-corrected chi connectivity index (χ4v) is 3.89. The maximum Gasteiger partial charge on any atom is 0.256 e. The lowest BCUT2D eigenvalue weighted by atomic mass is 10.1. The van der Waals surface area contributed by atoms with Gasteiger partial charge in [-0.15, -0.1) is 0 Å². The number of nitrogens with zero attached hydrogens (tertiary/aromatic N) is 5. The molecule has 1 aliphatic rings. The van der Waals surface area contributed by atoms with Crippen molar-refractivity contribution < 1.29 is 4.79 Å². The molecule has 3 aromatic heterocycles. The summed E-state index contributed by atoms with van der Waals surface area (Å²) in [5, 5.41) is 0. The summed E-state index contributed by atoms with van der Waals surface area (Å²) in [5.41, 5.74) is 4.10. The Bertz CT molecular complexity index is 1120. The molecular formula is C22H19N5O. The number of fused-ring (bicyclic) bond motifs is 1. The topological polar surface area (TPSA) is 63.9 Å². The fourth-order valence-electron chi connectivity index (χ4n) is 3.89. The molecule has 1 unspecified atom stereocenters. The van der Waals surface area contributed by atoms with Crippen LogP contribution in [-0.2, 0) is 0 Å². The number of benzene rings is 1. The zero-order valence-corrected chi connectivity index (χ0v) is 15.3. The molecule has 1 fully saturated rings. The third-order valence-corrected chi connectivity index (χ3v) is 5.25. The Morgan fingerprint density at radius 3 is 2.75 bits per heavy atom. The lowest BCUT2D eigenvalue weighted by Gasteiger charge is -2.24. The van der Waals surface area contributed by atoms with Crippen molar-refractivity contribution in [1.29, 1.82) is 0 Å². The van der Waals surface area contributed by atoms with Crippen LogP contribution in [0.2, 0.25) is 0 Å². The molecule has 1 saturated heterocycles. The van der Waals surface area contributed by atoms with Crippen LogP contribution < -0.4 is 0 Å². The second-order valence-corrected chi connectivity index (χ2v) is 6.96. The fraction of sp³-hybridized carbons (Fsp3) is 0.182. The summed E-state index contributed by atoms with van der Waals surface area (Å²) in [6.45, 7) is 0.745. The van der Waals surface area contributed by atoms with Crippen molar-refractivity contribution in [1.82, 2.24) is 24.4 Å². The summed E-state index contributed by atoms with van der Waals surface area (Å²) in [6.07, 6.45) is 8.95. The van der Waals surface area contributed by atoms with Gasteiger partial charge in [-0.3, -0.25) is 14.3 Å². The predicted molar refractivity (Wildman–Crippen MR) is 106 cm³/mol. The molecule has 1 aromatic carbocycles. The molecule has 0 saturated carbocycles. The molecule has 4 heterocycles. The van der Waals surface area contributed by atoms with Crippen molar-refractivity contribution in [2.75, 3.05) is 6.54 Å². The minimum atomic E-state index is -0.00462. The first-order chi connectivity index (χ1) is 13.8. The summed E-state index contributed by atoms with van der Waals surface area (Å²) in [5.74, 6) is -0.00462. The Morgan fingerprint density at radius 1 is 1.04 bits per heavy atom. The van der Waals surface area contributed by atoms with Gasteiger partial charge in [0.1, 0.15) is 11.8 Å². The van der Waals surface area contributed by atoms with Gasteiger partial charge in [-0.2, -0.15) is 0 Å². The van der Waals surface area contributed by atoms with Gasteiger partial charge < -0.3 is 4.90 Å². The number of carbonyl (C=O) groups excluding carboxylic acids is 1. The molecule has 0 aliphatic carbocycles. The molecule has 0 radical (unpaired) electrons. The molecule has 6 heteroatoms. The van der Waals surface area contributed by atoms with E-state index >= 15 is 0 Å². The number of carbonyl (C=O) groups is 1. The van der Waals surface area contributed by atoms with E-state index in [2.05, 4.69) is 15.0 Å². The van der Waals surface area contributed by atoms with Crippen LogP contribution in [0.4, 0.5) is 0 Å². The Labute approximate surface area is 162 Å². The third kappa shape index (κ3) is 2.83. The number of pyridine rings is 2. The highest BCUT2D eigenvalue weighted by molar-refractivity contribution is 5.96. The first-order valence-corrected chi connectivity index (χ1v) is 9.41. The van der Waals surface area contributed by atoms with Crippen molar-refractivity contribution in [2.45, 2.75) is 18.9 Å². The van der Waals surface area contributed by atoms with E-state index in [-0.39, 0.29) is 11.9 Å². The zero-order valence-electron chi connectivity index (χ0n) is 15.3. The van der Waals surface area contributed by atoms with Gasteiger partial charge in [-0.1, -0.05) is 24.3 Å². The van der Waals surface area contributed by atoms with E-state index in [0.29, 0.717) is 11.1 Å². The average molecular weight is 369 g/mol. The Hall–Kier alpha value is -3.54. The quantitative estimate of drug-likeness (QED) is 0.551. The summed E-state index contributed by atoms with van der Waals surface area (Å²) in [4.78, 5) is 28.3. The van der Waals surface area contributed by atoms with Crippen molar-refractivity contribution >= 4 is 17.1 Å². The van der Waals surface area contributed by atoms with Gasteiger partial charge in [0.25, 0.3) is 5.91 Å². The van der Waals surface area contributed by atoms with Gasteiger partial charge in [0, 0.05) is 30.8 Å². The highest BCUT2D eigenvalue weighted by Gasteiger charge is 2.31. The molecule has 5 rings (SSSR count). The normalized spacial score (nSPS) is 16.6. The van der Waals surface area contributed by atoms with Crippen LogP contribution in [0.5, 0.6) is 0 Å². The molecule has 6 nitrogen and oxygen atoms in total. The van der Waals surface area contributed by atoms with Crippen LogP contribution in [0.25, 0.3) is 16.9 Å². The van der Waals surface area contributed by atoms with Crippen LogP contribution >= 0.6 is 0 Å². The molecule has 0 spiro atoms. The van der Waals surface area contributed by atoms with Crippen molar-refractivity contribution in [2.24, 2.45) is 0 Å². The minimum Gasteiger partial charge on any atom is -0.331 e. The highest BCUT2D eigenvalue weighted by atomic mass is 16.2. The standard InChI is InChI=1S/C22H19N5O/c28-22(26-11-5-9-20(26)16-6-4-10-23-13-16)17-12-19-21(24-14-17)27(15-25-19)18-7-2-1-3-8-18/h1-4,6-8,10,12-15,20H,5,9,11H2. The first kappa shape index (κ1) is 16.6. The number of rotatable bonds is 3. The zero-order chi connectivity index (χ0) is 18.9. The Balaban J connectivity index is 1.47. The molecule has 138 valence electrons. The van der Waals surface area contributed by atoms with Gasteiger partial charge in [-0.05, 0) is 42.7 Å². The van der Waals surface area contributed by atoms with E-state index in [1.165, 1.54) is 0 Å². The molecule has 1 amide bonds. The lowest BCUT2D eigenvalue weighted by molar-refractivity contribution is 0.0735. The van der Waals surface area contributed by atoms with Gasteiger partial charge in [-0.25, -0.2) is 9.97 Å². The maximum atomic E-state index is 13.2. The molecular weight excluding hydrogens is 350 g/mol. The van der Waals surface area contributed by atoms with Crippen molar-refractivity contribution in [3.05, 3.63) is 84.6 Å². The number of likely N-dealkylation sites (tertiary alicyclic amines) is 1. The van der Waals surface area contributed by atoms with E-state index in [1.54, 1.807) is 18.7 Å². The Kier molecular flexibility index (Phi) is 4.09. The van der Waals surface area contributed by atoms with E-state index in [4.69, 9.17) is 0 Å².